The molecule has 1 aromatic carbocycles. The van der Waals surface area contributed by atoms with Crippen LogP contribution in [-0.2, 0) is 22.6 Å². The number of rotatable bonds is 3. The Hall–Kier alpha value is -2.61. The van der Waals surface area contributed by atoms with Crippen LogP contribution in [0.15, 0.2) is 24.5 Å². The highest BCUT2D eigenvalue weighted by Gasteiger charge is 2.20. The van der Waals surface area contributed by atoms with Gasteiger partial charge in [0.05, 0.1) is 25.4 Å². The monoisotopic (exact) mass is 324 g/mol. The summed E-state index contributed by atoms with van der Waals surface area (Å²) < 4.78 is 50.9. The first-order valence-corrected chi connectivity index (χ1v) is 6.65. The van der Waals surface area contributed by atoms with E-state index in [-0.39, 0.29) is 25.4 Å². The lowest BCUT2D eigenvalue weighted by Crippen LogP contribution is -2.19. The van der Waals surface area contributed by atoms with E-state index >= 15 is 0 Å². The number of nitrogens with one attached hydrogen (secondary N) is 1. The van der Waals surface area contributed by atoms with Crippen molar-refractivity contribution < 1.29 is 27.4 Å². The highest BCUT2D eigenvalue weighted by atomic mass is 19.1. The Kier molecular flexibility index (Phi) is 4.16. The lowest BCUT2D eigenvalue weighted by atomic mass is 10.0. The minimum atomic E-state index is -0.996. The Morgan fingerprint density at radius 1 is 1.22 bits per heavy atom. The Morgan fingerprint density at radius 2 is 1.96 bits per heavy atom. The molecule has 120 valence electrons. The summed E-state index contributed by atoms with van der Waals surface area (Å²) in [7, 11) is 0. The number of carbonyl (C=O) groups is 1. The van der Waals surface area contributed by atoms with Gasteiger partial charge in [-0.15, -0.1) is 0 Å². The van der Waals surface area contributed by atoms with Crippen LogP contribution < -0.4 is 10.1 Å². The number of fused-ring (bicyclic) bond motifs is 1. The quantitative estimate of drug-likeness (QED) is 0.942. The van der Waals surface area contributed by atoms with Crippen LogP contribution in [0.5, 0.6) is 5.75 Å². The first kappa shape index (κ1) is 15.3. The van der Waals surface area contributed by atoms with E-state index in [1.807, 2.05) is 0 Å². The van der Waals surface area contributed by atoms with Gasteiger partial charge in [0.1, 0.15) is 17.3 Å². The summed E-state index contributed by atoms with van der Waals surface area (Å²) in [5.41, 5.74) is 0.149. The largest absolute Gasteiger partial charge is 0.467 e. The number of aromatic nitrogens is 1. The molecule has 1 N–H and O–H groups in total. The van der Waals surface area contributed by atoms with E-state index < -0.39 is 29.0 Å². The van der Waals surface area contributed by atoms with E-state index in [0.717, 1.165) is 18.5 Å². The molecular weight excluding hydrogens is 313 g/mol. The second-order valence-corrected chi connectivity index (χ2v) is 4.87. The van der Waals surface area contributed by atoms with Crippen molar-refractivity contribution in [2.24, 2.45) is 0 Å². The summed E-state index contributed by atoms with van der Waals surface area (Å²) in [5.74, 6) is -2.91. The molecule has 1 aliphatic rings. The molecule has 3 rings (SSSR count). The van der Waals surface area contributed by atoms with Gasteiger partial charge >= 0.3 is 0 Å². The fourth-order valence-corrected chi connectivity index (χ4v) is 2.28. The van der Waals surface area contributed by atoms with Crippen molar-refractivity contribution in [3.05, 3.63) is 53.1 Å². The van der Waals surface area contributed by atoms with Gasteiger partial charge in [0, 0.05) is 11.1 Å². The maximum atomic E-state index is 13.6. The fourth-order valence-electron chi connectivity index (χ4n) is 2.28. The average molecular weight is 324 g/mol. The van der Waals surface area contributed by atoms with Crippen molar-refractivity contribution in [1.82, 2.24) is 4.98 Å². The molecule has 1 aromatic heterocycles. The molecule has 0 spiro atoms. The number of anilines is 1. The van der Waals surface area contributed by atoms with Crippen molar-refractivity contribution in [1.29, 1.82) is 0 Å². The molecule has 5 nitrogen and oxygen atoms in total. The molecule has 8 heteroatoms. The number of carbonyl (C=O) groups excluding carboxylic acids is 1. The van der Waals surface area contributed by atoms with Crippen molar-refractivity contribution in [3.63, 3.8) is 0 Å². The third kappa shape index (κ3) is 3.26. The predicted octanol–water partition coefficient (Wildman–Crippen LogP) is 2.55. The molecule has 0 fully saturated rings. The van der Waals surface area contributed by atoms with Crippen LogP contribution in [0.2, 0.25) is 0 Å². The van der Waals surface area contributed by atoms with E-state index in [4.69, 9.17) is 9.47 Å². The molecule has 23 heavy (non-hydrogen) atoms. The van der Waals surface area contributed by atoms with E-state index in [9.17, 15) is 18.0 Å². The summed E-state index contributed by atoms with van der Waals surface area (Å²) >= 11 is 0. The van der Waals surface area contributed by atoms with Crippen LogP contribution in [0.25, 0.3) is 0 Å². The summed E-state index contributed by atoms with van der Waals surface area (Å²) in [6, 6.07) is 2.39. The summed E-state index contributed by atoms with van der Waals surface area (Å²) in [6.07, 6.45) is 1.26. The van der Waals surface area contributed by atoms with Crippen LogP contribution in [-0.4, -0.2) is 17.7 Å². The molecule has 1 aliphatic heterocycles. The molecule has 0 unspecified atom stereocenters. The number of benzene rings is 1. The molecule has 0 radical (unpaired) electrons. The number of ether oxygens (including phenoxy) is 2. The standard InChI is InChI=1S/C15H11F3N2O3/c16-10-1-8(15-9(2-10)6-22-7-23-15)3-13(21)20-14-11(17)4-19-5-12(14)18/h1-2,4-5H,3,6-7H2,(H,19,20,21). The normalized spacial score (nSPS) is 13.2. The van der Waals surface area contributed by atoms with Crippen molar-refractivity contribution in [2.75, 3.05) is 12.1 Å². The zero-order valence-corrected chi connectivity index (χ0v) is 11.7. The first-order chi connectivity index (χ1) is 11.0. The van der Waals surface area contributed by atoms with Gasteiger partial charge in [0.15, 0.2) is 18.4 Å². The lowest BCUT2D eigenvalue weighted by molar-refractivity contribution is -0.115. The second-order valence-electron chi connectivity index (χ2n) is 4.87. The second kappa shape index (κ2) is 6.25. The highest BCUT2D eigenvalue weighted by Crippen LogP contribution is 2.30. The Balaban J connectivity index is 1.82. The van der Waals surface area contributed by atoms with Crippen LogP contribution in [0.3, 0.4) is 0 Å². The molecule has 0 aliphatic carbocycles. The molecule has 2 heterocycles. The van der Waals surface area contributed by atoms with Crippen LogP contribution >= 0.6 is 0 Å². The number of halogens is 3. The maximum Gasteiger partial charge on any atom is 0.229 e. The molecule has 0 bridgehead atoms. The Morgan fingerprint density at radius 3 is 2.70 bits per heavy atom. The number of hydrogen-bond acceptors (Lipinski definition) is 4. The van der Waals surface area contributed by atoms with Crippen molar-refractivity contribution in [3.8, 4) is 5.75 Å². The Bertz CT molecular complexity index is 748. The molecule has 0 saturated carbocycles. The Labute approximate surface area is 129 Å². The number of hydrogen-bond donors (Lipinski definition) is 1. The number of nitrogens with zero attached hydrogens (tertiary/aromatic N) is 1. The van der Waals surface area contributed by atoms with Gasteiger partial charge in [0.25, 0.3) is 0 Å². The molecular formula is C15H11F3N2O3. The van der Waals surface area contributed by atoms with Gasteiger partial charge in [0.2, 0.25) is 5.91 Å². The van der Waals surface area contributed by atoms with Gasteiger partial charge in [-0.05, 0) is 12.1 Å². The van der Waals surface area contributed by atoms with Gasteiger partial charge in [-0.3, -0.25) is 9.78 Å². The summed E-state index contributed by atoms with van der Waals surface area (Å²) in [4.78, 5) is 15.3. The lowest BCUT2D eigenvalue weighted by Gasteiger charge is -2.20. The average Bonchev–Trinajstić information content (AvgIpc) is 2.51. The molecule has 2 aromatic rings. The highest BCUT2D eigenvalue weighted by molar-refractivity contribution is 5.92. The minimum absolute atomic E-state index is 0.0130. The third-order valence-corrected chi connectivity index (χ3v) is 3.22. The van der Waals surface area contributed by atoms with Gasteiger partial charge < -0.3 is 14.8 Å². The van der Waals surface area contributed by atoms with Crippen LogP contribution in [0, 0.1) is 17.5 Å². The fraction of sp³-hybridized carbons (Fsp3) is 0.200. The minimum Gasteiger partial charge on any atom is -0.467 e. The smallest absolute Gasteiger partial charge is 0.229 e. The van der Waals surface area contributed by atoms with Crippen molar-refractivity contribution >= 4 is 11.6 Å². The van der Waals surface area contributed by atoms with E-state index in [2.05, 4.69) is 10.3 Å². The summed E-state index contributed by atoms with van der Waals surface area (Å²) in [5, 5.41) is 2.12. The third-order valence-electron chi connectivity index (χ3n) is 3.22. The number of amides is 1. The first-order valence-electron chi connectivity index (χ1n) is 6.65. The molecule has 0 saturated heterocycles. The zero-order valence-electron chi connectivity index (χ0n) is 11.7. The molecule has 0 atom stereocenters. The van der Waals surface area contributed by atoms with Gasteiger partial charge in [-0.25, -0.2) is 13.2 Å². The van der Waals surface area contributed by atoms with E-state index in [0.29, 0.717) is 11.3 Å². The molecule has 1 amide bonds. The van der Waals surface area contributed by atoms with Crippen LogP contribution in [0.1, 0.15) is 11.1 Å². The van der Waals surface area contributed by atoms with Gasteiger partial charge in [-0.2, -0.15) is 0 Å². The maximum absolute atomic E-state index is 13.6. The summed E-state index contributed by atoms with van der Waals surface area (Å²) in [6.45, 7) is 0.149. The van der Waals surface area contributed by atoms with Crippen molar-refractivity contribution in [2.45, 2.75) is 13.0 Å². The van der Waals surface area contributed by atoms with E-state index in [1.165, 1.54) is 6.07 Å². The predicted molar refractivity (Wildman–Crippen MR) is 73.2 cm³/mol. The number of pyridine rings is 1. The van der Waals surface area contributed by atoms with E-state index in [1.54, 1.807) is 0 Å². The van der Waals surface area contributed by atoms with Gasteiger partial charge in [-0.1, -0.05) is 0 Å². The SMILES string of the molecule is O=C(Cc1cc(F)cc2c1OCOC2)Nc1c(F)cncc1F. The topological polar surface area (TPSA) is 60.5 Å². The van der Waals surface area contributed by atoms with Crippen LogP contribution in [0.4, 0.5) is 18.9 Å². The zero-order chi connectivity index (χ0) is 16.4.